The van der Waals surface area contributed by atoms with Gasteiger partial charge in [-0.05, 0) is 33.7 Å². The van der Waals surface area contributed by atoms with Crippen LogP contribution in [0.2, 0.25) is 0 Å². The fourth-order valence-corrected chi connectivity index (χ4v) is 1.44. The van der Waals surface area contributed by atoms with E-state index in [-0.39, 0.29) is 17.5 Å². The van der Waals surface area contributed by atoms with E-state index in [0.717, 1.165) is 13.0 Å². The standard InChI is InChI=1S/C9H18N2O/c1-7-8(12)11(4)9(2,3)5-6-10-7/h7,10H,5-6H2,1-4H3. The summed E-state index contributed by atoms with van der Waals surface area (Å²) in [6.07, 6.45) is 1.01. The van der Waals surface area contributed by atoms with Gasteiger partial charge in [0, 0.05) is 12.6 Å². The molecule has 1 aliphatic rings. The van der Waals surface area contributed by atoms with Gasteiger partial charge in [-0.15, -0.1) is 0 Å². The van der Waals surface area contributed by atoms with Crippen molar-refractivity contribution < 1.29 is 4.79 Å². The van der Waals surface area contributed by atoms with Crippen molar-refractivity contribution in [1.82, 2.24) is 10.2 Å². The highest BCUT2D eigenvalue weighted by molar-refractivity contribution is 5.82. The highest BCUT2D eigenvalue weighted by atomic mass is 16.2. The minimum Gasteiger partial charge on any atom is -0.339 e. The van der Waals surface area contributed by atoms with Crippen LogP contribution in [0.25, 0.3) is 0 Å². The molecule has 1 N–H and O–H groups in total. The van der Waals surface area contributed by atoms with Crippen molar-refractivity contribution in [2.45, 2.75) is 38.8 Å². The molecule has 70 valence electrons. The second kappa shape index (κ2) is 3.05. The topological polar surface area (TPSA) is 32.3 Å². The Labute approximate surface area is 74.1 Å². The predicted octanol–water partition coefficient (Wildman–Crippen LogP) is 0.605. The fourth-order valence-electron chi connectivity index (χ4n) is 1.44. The summed E-state index contributed by atoms with van der Waals surface area (Å²) in [5.74, 6) is 0.192. The summed E-state index contributed by atoms with van der Waals surface area (Å²) < 4.78 is 0. The number of hydrogen-bond donors (Lipinski definition) is 1. The van der Waals surface area contributed by atoms with E-state index < -0.39 is 0 Å². The molecule has 1 aliphatic heterocycles. The van der Waals surface area contributed by atoms with E-state index in [9.17, 15) is 4.79 Å². The Morgan fingerprint density at radius 1 is 1.58 bits per heavy atom. The Kier molecular flexibility index (Phi) is 2.42. The van der Waals surface area contributed by atoms with Crippen LogP contribution in [0.4, 0.5) is 0 Å². The van der Waals surface area contributed by atoms with Gasteiger partial charge < -0.3 is 10.2 Å². The van der Waals surface area contributed by atoms with Crippen LogP contribution >= 0.6 is 0 Å². The SMILES string of the molecule is CC1NCCC(C)(C)N(C)C1=O. The van der Waals surface area contributed by atoms with Gasteiger partial charge in [0.15, 0.2) is 0 Å². The van der Waals surface area contributed by atoms with Gasteiger partial charge in [-0.1, -0.05) is 0 Å². The molecule has 0 aromatic carbocycles. The fraction of sp³-hybridized carbons (Fsp3) is 0.889. The maximum Gasteiger partial charge on any atom is 0.239 e. The number of carbonyl (C=O) groups is 1. The van der Waals surface area contributed by atoms with Crippen molar-refractivity contribution in [2.75, 3.05) is 13.6 Å². The lowest BCUT2D eigenvalue weighted by atomic mass is 9.99. The third-order valence-electron chi connectivity index (χ3n) is 2.80. The lowest BCUT2D eigenvalue weighted by molar-refractivity contribution is -0.135. The molecule has 0 aromatic rings. The first-order valence-corrected chi connectivity index (χ1v) is 4.46. The number of likely N-dealkylation sites (N-methyl/N-ethyl adjacent to an activating group) is 1. The molecule has 3 heteroatoms. The molecule has 1 amide bonds. The third kappa shape index (κ3) is 1.61. The molecule has 0 saturated carbocycles. The first kappa shape index (κ1) is 9.52. The van der Waals surface area contributed by atoms with Crippen molar-refractivity contribution in [1.29, 1.82) is 0 Å². The summed E-state index contributed by atoms with van der Waals surface area (Å²) in [5, 5.41) is 3.19. The Morgan fingerprint density at radius 3 is 2.75 bits per heavy atom. The van der Waals surface area contributed by atoms with Crippen LogP contribution in [0.15, 0.2) is 0 Å². The Balaban J connectivity index is 2.81. The molecular weight excluding hydrogens is 152 g/mol. The van der Waals surface area contributed by atoms with Gasteiger partial charge in [0.05, 0.1) is 6.04 Å². The molecule has 0 radical (unpaired) electrons. The zero-order chi connectivity index (χ0) is 9.35. The minimum atomic E-state index is -0.0308. The normalized spacial score (nSPS) is 30.2. The van der Waals surface area contributed by atoms with Gasteiger partial charge in [0.2, 0.25) is 5.91 Å². The molecule has 1 fully saturated rings. The summed E-state index contributed by atoms with van der Waals surface area (Å²) in [5.41, 5.74) is -0.00512. The molecule has 0 spiro atoms. The molecule has 1 heterocycles. The first-order valence-electron chi connectivity index (χ1n) is 4.46. The van der Waals surface area contributed by atoms with E-state index in [0.29, 0.717) is 0 Å². The number of hydrogen-bond acceptors (Lipinski definition) is 2. The maximum absolute atomic E-state index is 11.6. The average Bonchev–Trinajstić information content (AvgIpc) is 2.06. The largest absolute Gasteiger partial charge is 0.339 e. The third-order valence-corrected chi connectivity index (χ3v) is 2.80. The second-order valence-corrected chi connectivity index (χ2v) is 4.14. The van der Waals surface area contributed by atoms with Gasteiger partial charge in [-0.2, -0.15) is 0 Å². The lowest BCUT2D eigenvalue weighted by Crippen LogP contribution is -2.47. The molecule has 1 atom stereocenters. The highest BCUT2D eigenvalue weighted by Crippen LogP contribution is 2.19. The quantitative estimate of drug-likeness (QED) is 0.577. The van der Waals surface area contributed by atoms with Crippen LogP contribution in [0.5, 0.6) is 0 Å². The van der Waals surface area contributed by atoms with Crippen molar-refractivity contribution in [3.05, 3.63) is 0 Å². The van der Waals surface area contributed by atoms with Crippen molar-refractivity contribution >= 4 is 5.91 Å². The van der Waals surface area contributed by atoms with Crippen molar-refractivity contribution in [3.8, 4) is 0 Å². The number of nitrogens with zero attached hydrogens (tertiary/aromatic N) is 1. The van der Waals surface area contributed by atoms with Crippen LogP contribution in [0.1, 0.15) is 27.2 Å². The van der Waals surface area contributed by atoms with E-state index in [1.165, 1.54) is 0 Å². The molecule has 0 aromatic heterocycles. The summed E-state index contributed by atoms with van der Waals surface area (Å²) in [7, 11) is 1.88. The molecule has 3 nitrogen and oxygen atoms in total. The van der Waals surface area contributed by atoms with E-state index >= 15 is 0 Å². The van der Waals surface area contributed by atoms with E-state index in [4.69, 9.17) is 0 Å². The average molecular weight is 170 g/mol. The number of carbonyl (C=O) groups excluding carboxylic acids is 1. The van der Waals surface area contributed by atoms with Crippen LogP contribution < -0.4 is 5.32 Å². The number of rotatable bonds is 0. The van der Waals surface area contributed by atoms with Crippen molar-refractivity contribution in [2.24, 2.45) is 0 Å². The number of nitrogens with one attached hydrogen (secondary N) is 1. The van der Waals surface area contributed by atoms with Crippen LogP contribution in [0, 0.1) is 0 Å². The van der Waals surface area contributed by atoms with E-state index in [2.05, 4.69) is 19.2 Å². The van der Waals surface area contributed by atoms with E-state index in [1.807, 2.05) is 18.9 Å². The minimum absolute atomic E-state index is 0.00512. The maximum atomic E-state index is 11.6. The molecule has 1 saturated heterocycles. The highest BCUT2D eigenvalue weighted by Gasteiger charge is 2.32. The first-order chi connectivity index (χ1) is 5.45. The molecule has 1 rings (SSSR count). The Bertz CT molecular complexity index is 189. The molecular formula is C9H18N2O. The zero-order valence-corrected chi connectivity index (χ0v) is 8.35. The van der Waals surface area contributed by atoms with Crippen LogP contribution in [-0.2, 0) is 4.79 Å². The van der Waals surface area contributed by atoms with Gasteiger partial charge in [0.25, 0.3) is 0 Å². The molecule has 1 unspecified atom stereocenters. The summed E-state index contributed by atoms with van der Waals surface area (Å²) in [6.45, 7) is 7.04. The molecule has 12 heavy (non-hydrogen) atoms. The second-order valence-electron chi connectivity index (χ2n) is 4.14. The smallest absolute Gasteiger partial charge is 0.239 e. The van der Waals surface area contributed by atoms with Gasteiger partial charge in [0.1, 0.15) is 0 Å². The molecule has 0 aliphatic carbocycles. The van der Waals surface area contributed by atoms with Crippen LogP contribution in [0.3, 0.4) is 0 Å². The Hall–Kier alpha value is -0.570. The number of amides is 1. The van der Waals surface area contributed by atoms with Gasteiger partial charge >= 0.3 is 0 Å². The zero-order valence-electron chi connectivity index (χ0n) is 8.35. The summed E-state index contributed by atoms with van der Waals surface area (Å²) >= 11 is 0. The predicted molar refractivity (Wildman–Crippen MR) is 48.9 cm³/mol. The van der Waals surface area contributed by atoms with Crippen LogP contribution in [-0.4, -0.2) is 36.0 Å². The summed E-state index contributed by atoms with van der Waals surface area (Å²) in [4.78, 5) is 13.5. The summed E-state index contributed by atoms with van der Waals surface area (Å²) in [6, 6.07) is -0.0308. The van der Waals surface area contributed by atoms with Gasteiger partial charge in [-0.3, -0.25) is 4.79 Å². The van der Waals surface area contributed by atoms with Gasteiger partial charge in [-0.25, -0.2) is 0 Å². The molecule has 0 bridgehead atoms. The lowest BCUT2D eigenvalue weighted by Gasteiger charge is -2.34. The van der Waals surface area contributed by atoms with E-state index in [1.54, 1.807) is 0 Å². The Morgan fingerprint density at radius 2 is 2.17 bits per heavy atom. The van der Waals surface area contributed by atoms with Crippen molar-refractivity contribution in [3.63, 3.8) is 0 Å². The monoisotopic (exact) mass is 170 g/mol.